The normalized spacial score (nSPS) is 9.91. The van der Waals surface area contributed by atoms with Crippen LogP contribution in [0.3, 0.4) is 0 Å². The predicted molar refractivity (Wildman–Crippen MR) is 89.3 cm³/mol. The van der Waals surface area contributed by atoms with Gasteiger partial charge in [0, 0.05) is 29.6 Å². The molecule has 7 heteroatoms. The van der Waals surface area contributed by atoms with Crippen molar-refractivity contribution < 1.29 is 9.53 Å². The molecule has 0 saturated carbocycles. The average molecular weight is 328 g/mol. The van der Waals surface area contributed by atoms with E-state index in [1.165, 1.54) is 19.5 Å². The Morgan fingerprint density at radius 2 is 2.22 bits per heavy atom. The molecule has 23 heavy (non-hydrogen) atoms. The van der Waals surface area contributed by atoms with E-state index in [0.717, 1.165) is 17.0 Å². The molecule has 1 N–H and O–H groups in total. The summed E-state index contributed by atoms with van der Waals surface area (Å²) in [5, 5.41) is 12.1. The fourth-order valence-electron chi connectivity index (χ4n) is 1.83. The van der Waals surface area contributed by atoms with Crippen molar-refractivity contribution in [1.82, 2.24) is 9.97 Å². The Morgan fingerprint density at radius 3 is 3.00 bits per heavy atom. The molecule has 0 aliphatic rings. The number of ether oxygens (including phenoxy) is 1. The molecular weight excluding hydrogens is 312 g/mol. The van der Waals surface area contributed by atoms with Crippen LogP contribution >= 0.6 is 11.8 Å². The van der Waals surface area contributed by atoms with Gasteiger partial charge in [-0.1, -0.05) is 12.1 Å². The van der Waals surface area contributed by atoms with E-state index in [1.54, 1.807) is 11.8 Å². The van der Waals surface area contributed by atoms with Crippen LogP contribution in [-0.2, 0) is 15.3 Å². The van der Waals surface area contributed by atoms with E-state index in [-0.39, 0.29) is 11.7 Å². The summed E-state index contributed by atoms with van der Waals surface area (Å²) in [6.45, 7) is 0. The monoisotopic (exact) mass is 328 g/mol. The molecule has 0 bridgehead atoms. The molecule has 0 spiro atoms. The second-order valence-electron chi connectivity index (χ2n) is 4.57. The van der Waals surface area contributed by atoms with Gasteiger partial charge in [-0.25, -0.2) is 9.97 Å². The van der Waals surface area contributed by atoms with Gasteiger partial charge in [0.05, 0.1) is 13.5 Å². The molecule has 118 valence electrons. The SMILES string of the molecule is COC(=O)CCSCc1cccc(Nc2nccnc2C#N)c1. The van der Waals surface area contributed by atoms with Crippen LogP contribution in [0.15, 0.2) is 36.7 Å². The first-order valence-electron chi connectivity index (χ1n) is 6.94. The lowest BCUT2D eigenvalue weighted by Gasteiger charge is -2.08. The van der Waals surface area contributed by atoms with Gasteiger partial charge in [-0.3, -0.25) is 4.79 Å². The molecule has 1 heterocycles. The number of benzene rings is 1. The van der Waals surface area contributed by atoms with Crippen molar-refractivity contribution in [2.75, 3.05) is 18.2 Å². The van der Waals surface area contributed by atoms with Gasteiger partial charge in [0.25, 0.3) is 0 Å². The fraction of sp³-hybridized carbons (Fsp3) is 0.250. The Balaban J connectivity index is 1.95. The number of aromatic nitrogens is 2. The lowest BCUT2D eigenvalue weighted by atomic mass is 10.2. The molecule has 1 aromatic heterocycles. The van der Waals surface area contributed by atoms with Gasteiger partial charge >= 0.3 is 5.97 Å². The summed E-state index contributed by atoms with van der Waals surface area (Å²) in [7, 11) is 1.39. The summed E-state index contributed by atoms with van der Waals surface area (Å²) < 4.78 is 4.61. The van der Waals surface area contributed by atoms with Crippen LogP contribution in [0.5, 0.6) is 0 Å². The maximum atomic E-state index is 11.1. The number of hydrogen-bond donors (Lipinski definition) is 1. The molecule has 2 rings (SSSR count). The number of anilines is 2. The number of carbonyl (C=O) groups excluding carboxylic acids is 1. The molecule has 0 fully saturated rings. The van der Waals surface area contributed by atoms with Crippen molar-refractivity contribution in [3.05, 3.63) is 47.9 Å². The highest BCUT2D eigenvalue weighted by molar-refractivity contribution is 7.98. The first-order chi connectivity index (χ1) is 11.2. The highest BCUT2D eigenvalue weighted by Crippen LogP contribution is 2.20. The molecule has 0 aliphatic carbocycles. The molecule has 2 aromatic rings. The Kier molecular flexibility index (Phi) is 6.39. The third-order valence-electron chi connectivity index (χ3n) is 2.94. The van der Waals surface area contributed by atoms with Gasteiger partial charge in [-0.15, -0.1) is 0 Å². The summed E-state index contributed by atoms with van der Waals surface area (Å²) in [4.78, 5) is 19.1. The molecule has 1 aromatic carbocycles. The number of esters is 1. The Morgan fingerprint density at radius 1 is 1.39 bits per heavy atom. The van der Waals surface area contributed by atoms with Gasteiger partial charge in [-0.2, -0.15) is 17.0 Å². The smallest absolute Gasteiger partial charge is 0.306 e. The molecule has 0 atom stereocenters. The molecule has 0 saturated heterocycles. The van der Waals surface area contributed by atoms with Crippen molar-refractivity contribution in [2.45, 2.75) is 12.2 Å². The summed E-state index contributed by atoms with van der Waals surface area (Å²) in [5.74, 6) is 1.75. The second kappa shape index (κ2) is 8.76. The summed E-state index contributed by atoms with van der Waals surface area (Å²) in [6.07, 6.45) is 3.43. The lowest BCUT2D eigenvalue weighted by Crippen LogP contribution is -2.01. The maximum Gasteiger partial charge on any atom is 0.306 e. The first kappa shape index (κ1) is 16.8. The van der Waals surface area contributed by atoms with Gasteiger partial charge < -0.3 is 10.1 Å². The van der Waals surface area contributed by atoms with E-state index in [4.69, 9.17) is 5.26 Å². The number of methoxy groups -OCH3 is 1. The van der Waals surface area contributed by atoms with E-state index < -0.39 is 0 Å². The highest BCUT2D eigenvalue weighted by Gasteiger charge is 2.05. The van der Waals surface area contributed by atoms with E-state index in [0.29, 0.717) is 18.0 Å². The number of thioether (sulfide) groups is 1. The summed E-state index contributed by atoms with van der Waals surface area (Å²) in [5.41, 5.74) is 2.21. The lowest BCUT2D eigenvalue weighted by molar-refractivity contribution is -0.140. The zero-order valence-electron chi connectivity index (χ0n) is 12.7. The number of rotatable bonds is 7. The Bertz CT molecular complexity index is 715. The number of carbonyl (C=O) groups is 1. The minimum atomic E-state index is -0.195. The van der Waals surface area contributed by atoms with E-state index >= 15 is 0 Å². The number of nitrogens with one attached hydrogen (secondary N) is 1. The average Bonchev–Trinajstić information content (AvgIpc) is 2.59. The number of nitrogens with zero attached hydrogens (tertiary/aromatic N) is 3. The van der Waals surface area contributed by atoms with Gasteiger partial charge in [0.2, 0.25) is 0 Å². The van der Waals surface area contributed by atoms with Crippen LogP contribution in [0.4, 0.5) is 11.5 Å². The fourth-order valence-corrected chi connectivity index (χ4v) is 2.71. The first-order valence-corrected chi connectivity index (χ1v) is 8.10. The van der Waals surface area contributed by atoms with Crippen LogP contribution in [0.25, 0.3) is 0 Å². The van der Waals surface area contributed by atoms with E-state index in [1.807, 2.05) is 30.3 Å². The van der Waals surface area contributed by atoms with Crippen molar-refractivity contribution >= 4 is 29.2 Å². The number of nitriles is 1. The molecule has 0 unspecified atom stereocenters. The topological polar surface area (TPSA) is 87.9 Å². The minimum Gasteiger partial charge on any atom is -0.469 e. The second-order valence-corrected chi connectivity index (χ2v) is 5.67. The summed E-state index contributed by atoms with van der Waals surface area (Å²) >= 11 is 1.66. The van der Waals surface area contributed by atoms with Crippen LogP contribution in [0.1, 0.15) is 17.7 Å². The van der Waals surface area contributed by atoms with E-state index in [9.17, 15) is 4.79 Å². The molecule has 0 radical (unpaired) electrons. The van der Waals surface area contributed by atoms with Crippen molar-refractivity contribution in [3.8, 4) is 6.07 Å². The van der Waals surface area contributed by atoms with Crippen LogP contribution in [-0.4, -0.2) is 28.8 Å². The van der Waals surface area contributed by atoms with Crippen LogP contribution in [0.2, 0.25) is 0 Å². The van der Waals surface area contributed by atoms with E-state index in [2.05, 4.69) is 20.0 Å². The zero-order chi connectivity index (χ0) is 16.5. The van der Waals surface area contributed by atoms with Crippen molar-refractivity contribution in [3.63, 3.8) is 0 Å². The van der Waals surface area contributed by atoms with Crippen molar-refractivity contribution in [2.24, 2.45) is 0 Å². The molecule has 0 amide bonds. The minimum absolute atomic E-state index is 0.195. The predicted octanol–water partition coefficient (Wildman–Crippen LogP) is 2.89. The van der Waals surface area contributed by atoms with Crippen molar-refractivity contribution in [1.29, 1.82) is 5.26 Å². The third kappa shape index (κ3) is 5.27. The largest absolute Gasteiger partial charge is 0.469 e. The standard InChI is InChI=1S/C16H16N4O2S/c1-22-15(21)5-8-23-11-12-3-2-4-13(9-12)20-16-14(10-17)18-6-7-19-16/h2-4,6-7,9H,5,8,11H2,1H3,(H,19,20). The maximum absolute atomic E-state index is 11.1. The van der Waals surface area contributed by atoms with Crippen LogP contribution in [0, 0.1) is 11.3 Å². The highest BCUT2D eigenvalue weighted by atomic mass is 32.2. The Labute approximate surface area is 138 Å². The Hall–Kier alpha value is -2.59. The van der Waals surface area contributed by atoms with Gasteiger partial charge in [0.15, 0.2) is 11.5 Å². The third-order valence-corrected chi connectivity index (χ3v) is 3.97. The molecule has 0 aliphatic heterocycles. The van der Waals surface area contributed by atoms with Crippen LogP contribution < -0.4 is 5.32 Å². The van der Waals surface area contributed by atoms with Gasteiger partial charge in [-0.05, 0) is 17.7 Å². The molecular formula is C16H16N4O2S. The van der Waals surface area contributed by atoms with Gasteiger partial charge in [0.1, 0.15) is 6.07 Å². The summed E-state index contributed by atoms with van der Waals surface area (Å²) in [6, 6.07) is 9.84. The quantitative estimate of drug-likeness (QED) is 0.617. The molecule has 6 nitrogen and oxygen atoms in total. The number of hydrogen-bond acceptors (Lipinski definition) is 7. The zero-order valence-corrected chi connectivity index (χ0v) is 13.5.